The van der Waals surface area contributed by atoms with Gasteiger partial charge in [0.15, 0.2) is 29.1 Å². The third kappa shape index (κ3) is 27.0. The van der Waals surface area contributed by atoms with Gasteiger partial charge >= 0.3 is 64.0 Å². The average molecular weight is 1810 g/mol. The van der Waals surface area contributed by atoms with E-state index in [0.717, 1.165) is 86.2 Å². The molecule has 9 amide bonds. The summed E-state index contributed by atoms with van der Waals surface area (Å²) in [6, 6.07) is 15.7. The monoisotopic (exact) mass is 1800 g/mol. The zero-order valence-corrected chi connectivity index (χ0v) is 73.8. The minimum absolute atomic E-state index is 0. The second-order valence-corrected chi connectivity index (χ2v) is 33.7. The number of carbonyl (C=O) groups is 5. The van der Waals surface area contributed by atoms with Crippen molar-refractivity contribution in [3.8, 4) is 0 Å². The molecule has 652 valence electrons. The maximum atomic E-state index is 12.6. The number of hydroxylamine groups is 10. The number of hydrogen-bond donors (Lipinski definition) is 1. The van der Waals surface area contributed by atoms with Gasteiger partial charge < -0.3 is 55.8 Å². The number of benzene rings is 2. The van der Waals surface area contributed by atoms with Crippen molar-refractivity contribution in [3.05, 3.63) is 133 Å². The number of amides is 9. The molecule has 8 aliphatic heterocycles. The van der Waals surface area contributed by atoms with E-state index in [4.69, 9.17) is 64.7 Å². The SMILES string of the molecule is CCCC[N+](CCCC)(CCCC)CCCC.ClB(Cl)Cl.O=C(Cl)N(OCc1ccccc1)C1CCC(c2ncon2)CC1.O=C1N(O)[C@@H]2CC[C@@H](c3ncon3)N1C2.O=C1N2C[C@@H](CC[C@H]2c2ncon2)N1OCc1ccccc1.O=C1N2C[C@@H](CC[C@H]2c2ncon2)N1OS(=O)(=O)[O-].O=C1N2C[C@@H](CC[C@H]2c2ncon2)N1OS(=O)(=O)[O-].[Na+]. The molecule has 8 bridgehead atoms. The number of fused-ring (bicyclic) bond motifs is 8. The number of nitrogens with zero attached hydrogens (tertiary/aromatic N) is 20. The summed E-state index contributed by atoms with van der Waals surface area (Å²) in [6.07, 6.45) is 25.9. The van der Waals surface area contributed by atoms with E-state index in [2.05, 4.69) is 101 Å². The summed E-state index contributed by atoms with van der Waals surface area (Å²) in [7, 11) is -9.94. The average Bonchev–Trinajstić information content (AvgIpc) is 1.62. The van der Waals surface area contributed by atoms with E-state index in [1.54, 1.807) is 9.80 Å². The van der Waals surface area contributed by atoms with E-state index in [9.17, 15) is 55.1 Å². The van der Waals surface area contributed by atoms with Crippen LogP contribution in [0.2, 0.25) is 0 Å². The van der Waals surface area contributed by atoms with E-state index >= 15 is 0 Å². The topological polar surface area (TPSA) is 481 Å². The Bertz CT molecular complexity index is 4300. The molecule has 120 heavy (non-hydrogen) atoms. The zero-order valence-electron chi connectivity index (χ0n) is 67.1. The van der Waals surface area contributed by atoms with Crippen LogP contribution in [0.1, 0.15) is 226 Å². The standard InChI is InChI=1S/C16H18ClN3O3.C16H36N.C15H16N4O3.2C8H10N4O6S.C8H10N4O3.BCl3.Na/c17-16(21)20(23-10-12-4-2-1-3-5-12)14-8-6-13(7-9-14)15-18-11-22-19-15;1-5-9-13-17(14-10-6-2,15-11-7-3)16-12-8-4;20-15-18-8-12(6-7-13(18)14-16-10-21-17-14)19(15)22-9-11-4-2-1-3-5-11;2*13-8-11-3-5(12(8)18-19(14,15)16)1-2-6(11)7-9-4-17-10-7;13-8-11-3-5(12(8)14)1-2-6(11)7-9-4-15-10-7;2-1(3)4;/h1-5,11,13-14H,6-10H2;5-16H2,1-4H3;1-5,10,12-13H,6-9H2;2*4-6H,1-3H2,(H,14,15,16);4-6,14H,1-3H2;;/q;+1;;;;;;+1/p-2/t;;12-,13+;3*5-,6+;;/m..1111../s1. The van der Waals surface area contributed by atoms with Crippen molar-refractivity contribution in [2.24, 2.45) is 0 Å². The molecule has 7 aromatic rings. The molecule has 13 heterocycles. The number of halogens is 4. The van der Waals surface area contributed by atoms with Crippen LogP contribution in [0.15, 0.2) is 115 Å². The van der Waals surface area contributed by atoms with E-state index in [1.165, 1.54) is 121 Å². The Hall–Kier alpha value is -7.51. The third-order valence-corrected chi connectivity index (χ3v) is 22.5. The maximum absolute atomic E-state index is 12.6. The first-order chi connectivity index (χ1) is 57.2. The molecule has 0 unspecified atom stereocenters. The maximum Gasteiger partial charge on any atom is 1.00 e. The number of rotatable bonds is 28. The van der Waals surface area contributed by atoms with Crippen LogP contribution in [-0.2, 0) is 52.3 Å². The minimum Gasteiger partial charge on any atom is -0.724 e. The summed E-state index contributed by atoms with van der Waals surface area (Å²) >= 11 is 20.1. The third-order valence-electron chi connectivity index (χ3n) is 21.7. The van der Waals surface area contributed by atoms with Crippen LogP contribution in [0.5, 0.6) is 0 Å². The van der Waals surface area contributed by atoms with Crippen molar-refractivity contribution in [2.75, 3.05) is 52.4 Å². The number of carbonyl (C=O) groups excluding carboxylic acids is 5. The Kier molecular flexibility index (Phi) is 37.6. The van der Waals surface area contributed by atoms with Gasteiger partial charge in [0.05, 0.1) is 80.6 Å². The van der Waals surface area contributed by atoms with Crippen LogP contribution in [-0.4, -0.2) is 248 Å². The largest absolute Gasteiger partial charge is 1.00 e. The van der Waals surface area contributed by atoms with Gasteiger partial charge in [-0.2, -0.15) is 83.1 Å². The van der Waals surface area contributed by atoms with E-state index in [1.807, 2.05) is 60.7 Å². The van der Waals surface area contributed by atoms with Crippen LogP contribution >= 0.6 is 46.0 Å². The van der Waals surface area contributed by atoms with Crippen LogP contribution in [0.25, 0.3) is 0 Å². The Morgan fingerprint density at radius 1 is 0.483 bits per heavy atom. The smallest absolute Gasteiger partial charge is 0.724 e. The van der Waals surface area contributed by atoms with Gasteiger partial charge in [-0.1, -0.05) is 140 Å². The Balaban J connectivity index is 0.000000163. The first kappa shape index (κ1) is 96.3. The molecule has 16 rings (SSSR count). The van der Waals surface area contributed by atoms with Crippen molar-refractivity contribution in [2.45, 2.75) is 230 Å². The fraction of sp³-hybridized carbons (Fsp3) is 0.620. The molecule has 41 nitrogen and oxygen atoms in total. The Labute approximate surface area is 736 Å². The predicted octanol–water partition coefficient (Wildman–Crippen LogP) is 8.93. The van der Waals surface area contributed by atoms with Crippen molar-refractivity contribution in [1.82, 2.24) is 95.6 Å². The molecule has 2 aromatic carbocycles. The molecule has 9 fully saturated rings. The van der Waals surface area contributed by atoms with E-state index < -0.39 is 67.4 Å². The molecule has 8 atom stereocenters. The summed E-state index contributed by atoms with van der Waals surface area (Å²) in [6.45, 7) is 17.4. The summed E-state index contributed by atoms with van der Waals surface area (Å²) in [4.78, 5) is 96.5. The number of aromatic nitrogens is 10. The normalized spacial score (nSPS) is 22.7. The molecule has 0 radical (unpaired) electrons. The van der Waals surface area contributed by atoms with Gasteiger partial charge in [0.25, 0.3) is 0 Å². The second kappa shape index (κ2) is 46.8. The molecular formula is C71H98BCl4N20NaO21S2. The fourth-order valence-corrected chi connectivity index (χ4v) is 16.7. The van der Waals surface area contributed by atoms with Gasteiger partial charge in [0.2, 0.25) is 52.8 Å². The van der Waals surface area contributed by atoms with Gasteiger partial charge in [-0.25, -0.2) is 46.1 Å². The zero-order chi connectivity index (χ0) is 85.2. The fourth-order valence-electron chi connectivity index (χ4n) is 15.8. The second-order valence-electron chi connectivity index (χ2n) is 29.5. The molecular weight excluding hydrogens is 1710 g/mol. The van der Waals surface area contributed by atoms with Gasteiger partial charge in [-0.3, -0.25) is 19.7 Å². The van der Waals surface area contributed by atoms with Gasteiger partial charge in [0.1, 0.15) is 13.2 Å². The number of hydrogen-bond acceptors (Lipinski definition) is 31. The van der Waals surface area contributed by atoms with Crippen LogP contribution < -0.4 is 29.6 Å². The Morgan fingerprint density at radius 2 is 0.800 bits per heavy atom. The summed E-state index contributed by atoms with van der Waals surface area (Å²) in [5.74, 6) is 2.77. The van der Waals surface area contributed by atoms with Gasteiger partial charge in [-0.15, -0.1) is 0 Å². The number of urea groups is 4. The first-order valence-corrected chi connectivity index (χ1v) is 43.9. The van der Waals surface area contributed by atoms with Crippen molar-refractivity contribution in [3.63, 3.8) is 0 Å². The van der Waals surface area contributed by atoms with Crippen molar-refractivity contribution in [1.29, 1.82) is 0 Å². The molecule has 1 N–H and O–H groups in total. The van der Waals surface area contributed by atoms with Crippen LogP contribution in [0.4, 0.5) is 24.0 Å². The molecule has 9 aliphatic rings. The molecule has 8 saturated heterocycles. The number of piperidine rings is 4. The van der Waals surface area contributed by atoms with Gasteiger partial charge in [-0.05, 0) is 125 Å². The van der Waals surface area contributed by atoms with Crippen LogP contribution in [0, 0.1) is 0 Å². The minimum atomic E-state index is -4.97. The Morgan fingerprint density at radius 3 is 1.13 bits per heavy atom. The van der Waals surface area contributed by atoms with Crippen LogP contribution in [0.3, 0.4) is 0 Å². The molecule has 5 aromatic heterocycles. The van der Waals surface area contributed by atoms with Gasteiger partial charge in [0, 0.05) is 32.1 Å². The van der Waals surface area contributed by atoms with Crippen molar-refractivity contribution < 1.29 is 130 Å². The molecule has 1 aliphatic carbocycles. The summed E-state index contributed by atoms with van der Waals surface area (Å²) < 4.78 is 96.9. The molecule has 0 spiro atoms. The number of quaternary nitrogens is 1. The number of unbranched alkanes of at least 4 members (excludes halogenated alkanes) is 4. The summed E-state index contributed by atoms with van der Waals surface area (Å²) in [5.41, 5.74) is 2.04. The predicted molar refractivity (Wildman–Crippen MR) is 417 cm³/mol. The van der Waals surface area contributed by atoms with E-state index in [-0.39, 0.29) is 90.8 Å². The summed E-state index contributed by atoms with van der Waals surface area (Å²) in [5, 5.41) is 32.6. The quantitative estimate of drug-likeness (QED) is 0.00698. The molecule has 1 saturated carbocycles. The molecule has 49 heteroatoms. The first-order valence-electron chi connectivity index (χ1n) is 39.5. The van der Waals surface area contributed by atoms with E-state index in [0.29, 0.717) is 85.4 Å². The van der Waals surface area contributed by atoms with Crippen molar-refractivity contribution >= 4 is 101 Å².